The van der Waals surface area contributed by atoms with Crippen molar-refractivity contribution in [3.05, 3.63) is 0 Å². The molecule has 94 valence electrons. The molecule has 1 amide bonds. The van der Waals surface area contributed by atoms with E-state index in [0.717, 1.165) is 0 Å². The van der Waals surface area contributed by atoms with Gasteiger partial charge in [0, 0.05) is 11.8 Å². The number of cyclic esters (lactones) is 1. The lowest BCUT2D eigenvalue weighted by atomic mass is 9.90. The third-order valence-electron chi connectivity index (χ3n) is 3.02. The number of rotatable bonds is 2. The Morgan fingerprint density at radius 3 is 2.65 bits per heavy atom. The van der Waals surface area contributed by atoms with E-state index in [4.69, 9.17) is 9.47 Å². The van der Waals surface area contributed by atoms with E-state index >= 15 is 0 Å². The lowest BCUT2D eigenvalue weighted by molar-refractivity contribution is -0.164. The number of ether oxygens (including phenoxy) is 2. The van der Waals surface area contributed by atoms with Crippen molar-refractivity contribution < 1.29 is 23.9 Å². The van der Waals surface area contributed by atoms with E-state index in [1.54, 1.807) is 13.8 Å². The number of amides is 1. The highest BCUT2D eigenvalue weighted by Gasteiger charge is 2.47. The highest BCUT2D eigenvalue weighted by molar-refractivity contribution is 5.89. The van der Waals surface area contributed by atoms with Crippen molar-refractivity contribution in [3.63, 3.8) is 0 Å². The summed E-state index contributed by atoms with van der Waals surface area (Å²) in [5.41, 5.74) is -0.518. The fourth-order valence-corrected chi connectivity index (χ4v) is 1.92. The highest BCUT2D eigenvalue weighted by atomic mass is 16.6. The quantitative estimate of drug-likeness (QED) is 0.675. The van der Waals surface area contributed by atoms with Gasteiger partial charge in [-0.2, -0.15) is 0 Å². The summed E-state index contributed by atoms with van der Waals surface area (Å²) < 4.78 is 10.0. The van der Waals surface area contributed by atoms with Gasteiger partial charge in [-0.3, -0.25) is 4.79 Å². The summed E-state index contributed by atoms with van der Waals surface area (Å²) in [6.45, 7) is 3.83. The summed E-state index contributed by atoms with van der Waals surface area (Å²) in [7, 11) is 0. The zero-order valence-corrected chi connectivity index (χ0v) is 9.82. The Bertz CT molecular complexity index is 376. The summed E-state index contributed by atoms with van der Waals surface area (Å²) >= 11 is 0. The second-order valence-corrected chi connectivity index (χ2v) is 5.07. The lowest BCUT2D eigenvalue weighted by Crippen LogP contribution is -2.41. The van der Waals surface area contributed by atoms with Gasteiger partial charge in [0.05, 0.1) is 0 Å². The van der Waals surface area contributed by atoms with Gasteiger partial charge in [0.15, 0.2) is 0 Å². The van der Waals surface area contributed by atoms with E-state index in [-0.39, 0.29) is 12.5 Å². The van der Waals surface area contributed by atoms with Gasteiger partial charge in [-0.05, 0) is 6.42 Å². The van der Waals surface area contributed by atoms with Crippen LogP contribution in [-0.4, -0.2) is 36.6 Å². The average Bonchev–Trinajstić information content (AvgIpc) is 2.77. The molecule has 0 aromatic rings. The number of esters is 2. The van der Waals surface area contributed by atoms with Crippen LogP contribution in [0.2, 0.25) is 0 Å². The zero-order valence-electron chi connectivity index (χ0n) is 9.82. The molecule has 6 nitrogen and oxygen atoms in total. The molecule has 2 rings (SSSR count). The zero-order chi connectivity index (χ0) is 12.6. The van der Waals surface area contributed by atoms with Gasteiger partial charge >= 0.3 is 11.9 Å². The molecule has 2 heterocycles. The molecule has 0 radical (unpaired) electrons. The minimum absolute atomic E-state index is 0.166. The first kappa shape index (κ1) is 11.9. The van der Waals surface area contributed by atoms with Crippen LogP contribution in [0.15, 0.2) is 0 Å². The molecule has 2 saturated heterocycles. The summed E-state index contributed by atoms with van der Waals surface area (Å²) in [6.07, 6.45) is -0.148. The molecular weight excluding hydrogens is 226 g/mol. The molecule has 2 fully saturated rings. The lowest BCUT2D eigenvalue weighted by Gasteiger charge is -2.22. The van der Waals surface area contributed by atoms with Crippen molar-refractivity contribution in [1.29, 1.82) is 0 Å². The largest absolute Gasteiger partial charge is 0.462 e. The fourth-order valence-electron chi connectivity index (χ4n) is 1.92. The first-order valence-corrected chi connectivity index (χ1v) is 5.57. The minimum Gasteiger partial charge on any atom is -0.462 e. The first-order valence-electron chi connectivity index (χ1n) is 5.57. The van der Waals surface area contributed by atoms with E-state index < -0.39 is 29.5 Å². The van der Waals surface area contributed by atoms with Crippen molar-refractivity contribution in [1.82, 2.24) is 5.32 Å². The maximum Gasteiger partial charge on any atom is 0.348 e. The summed E-state index contributed by atoms with van der Waals surface area (Å²) in [4.78, 5) is 34.1. The Hall–Kier alpha value is -1.59. The van der Waals surface area contributed by atoms with Crippen LogP contribution in [0.25, 0.3) is 0 Å². The molecule has 2 unspecified atom stereocenters. The topological polar surface area (TPSA) is 81.7 Å². The van der Waals surface area contributed by atoms with Crippen LogP contribution in [0.4, 0.5) is 0 Å². The Balaban J connectivity index is 1.98. The standard InChI is InChI=1S/C11H15NO5/c1-11(2)5-16-10(15)8(11)17-9(14)6-3-4-7(13)12-6/h6,8H,3-5H2,1-2H3,(H,12,13). The monoisotopic (exact) mass is 241 g/mol. The predicted octanol–water partition coefficient (Wildman–Crippen LogP) is -0.240. The van der Waals surface area contributed by atoms with Crippen LogP contribution < -0.4 is 5.32 Å². The molecule has 2 aliphatic rings. The Kier molecular flexibility index (Phi) is 2.81. The molecule has 1 N–H and O–H groups in total. The van der Waals surface area contributed by atoms with E-state index in [0.29, 0.717) is 12.8 Å². The van der Waals surface area contributed by atoms with Crippen molar-refractivity contribution in [2.45, 2.75) is 38.8 Å². The van der Waals surface area contributed by atoms with E-state index in [1.807, 2.05) is 0 Å². The molecule has 0 spiro atoms. The highest BCUT2D eigenvalue weighted by Crippen LogP contribution is 2.31. The molecule has 0 aliphatic carbocycles. The van der Waals surface area contributed by atoms with Crippen molar-refractivity contribution in [2.75, 3.05) is 6.61 Å². The smallest absolute Gasteiger partial charge is 0.348 e. The maximum atomic E-state index is 11.7. The van der Waals surface area contributed by atoms with Crippen molar-refractivity contribution in [2.24, 2.45) is 5.41 Å². The third-order valence-corrected chi connectivity index (χ3v) is 3.02. The Morgan fingerprint density at radius 1 is 1.47 bits per heavy atom. The minimum atomic E-state index is -0.882. The first-order chi connectivity index (χ1) is 7.90. The van der Waals surface area contributed by atoms with E-state index in [2.05, 4.69) is 5.32 Å². The van der Waals surface area contributed by atoms with E-state index in [9.17, 15) is 14.4 Å². The molecule has 2 atom stereocenters. The predicted molar refractivity (Wildman–Crippen MR) is 55.8 cm³/mol. The summed E-state index contributed by atoms with van der Waals surface area (Å²) in [6, 6.07) is -0.633. The fraction of sp³-hybridized carbons (Fsp3) is 0.727. The van der Waals surface area contributed by atoms with Crippen LogP contribution in [0.5, 0.6) is 0 Å². The molecule has 0 aromatic heterocycles. The van der Waals surface area contributed by atoms with Crippen molar-refractivity contribution >= 4 is 17.8 Å². The van der Waals surface area contributed by atoms with Crippen LogP contribution in [-0.2, 0) is 23.9 Å². The maximum absolute atomic E-state index is 11.7. The number of carbonyl (C=O) groups is 3. The molecule has 17 heavy (non-hydrogen) atoms. The van der Waals surface area contributed by atoms with Gasteiger partial charge in [0.2, 0.25) is 12.0 Å². The molecule has 0 bridgehead atoms. The summed E-state index contributed by atoms with van der Waals surface area (Å²) in [5.74, 6) is -1.25. The van der Waals surface area contributed by atoms with Crippen LogP contribution in [0.1, 0.15) is 26.7 Å². The SMILES string of the molecule is CC1(C)COC(=O)C1OC(=O)C1CCC(=O)N1. The molecule has 6 heteroatoms. The van der Waals surface area contributed by atoms with Crippen LogP contribution in [0, 0.1) is 5.41 Å². The van der Waals surface area contributed by atoms with Gasteiger partial charge in [0.1, 0.15) is 12.6 Å². The van der Waals surface area contributed by atoms with Crippen molar-refractivity contribution in [3.8, 4) is 0 Å². The number of carbonyl (C=O) groups excluding carboxylic acids is 3. The van der Waals surface area contributed by atoms with Gasteiger partial charge in [-0.1, -0.05) is 13.8 Å². The molecular formula is C11H15NO5. The second-order valence-electron chi connectivity index (χ2n) is 5.07. The molecule has 0 saturated carbocycles. The van der Waals surface area contributed by atoms with Gasteiger partial charge in [0.25, 0.3) is 0 Å². The van der Waals surface area contributed by atoms with Gasteiger partial charge in [-0.25, -0.2) is 9.59 Å². The molecule has 0 aromatic carbocycles. The third kappa shape index (κ3) is 2.25. The normalized spacial score (nSPS) is 30.9. The number of nitrogens with one attached hydrogen (secondary N) is 1. The number of hydrogen-bond donors (Lipinski definition) is 1. The van der Waals surface area contributed by atoms with Crippen LogP contribution >= 0.6 is 0 Å². The Morgan fingerprint density at radius 2 is 2.18 bits per heavy atom. The number of hydrogen-bond acceptors (Lipinski definition) is 5. The Labute approximate surface area is 98.6 Å². The van der Waals surface area contributed by atoms with Gasteiger partial charge in [-0.15, -0.1) is 0 Å². The van der Waals surface area contributed by atoms with Gasteiger partial charge < -0.3 is 14.8 Å². The second kappa shape index (κ2) is 4.01. The van der Waals surface area contributed by atoms with Crippen LogP contribution in [0.3, 0.4) is 0 Å². The average molecular weight is 241 g/mol. The molecule has 2 aliphatic heterocycles. The summed E-state index contributed by atoms with van der Waals surface area (Å²) in [5, 5.41) is 2.50. The van der Waals surface area contributed by atoms with E-state index in [1.165, 1.54) is 0 Å².